The van der Waals surface area contributed by atoms with E-state index in [1.165, 1.54) is 0 Å². The first-order valence-corrected chi connectivity index (χ1v) is 5.66. The second-order valence-corrected chi connectivity index (χ2v) is 3.69. The van der Waals surface area contributed by atoms with E-state index >= 15 is 0 Å². The molecule has 2 N–H and O–H groups in total. The molecular weight excluding hydrogens is 198 g/mol. The molecule has 2 heteroatoms. The van der Waals surface area contributed by atoms with Crippen molar-refractivity contribution in [2.75, 3.05) is 6.54 Å². The molecule has 2 nitrogen and oxygen atoms in total. The van der Waals surface area contributed by atoms with Gasteiger partial charge in [0.25, 0.3) is 0 Å². The highest BCUT2D eigenvalue weighted by Gasteiger charge is 2.02. The summed E-state index contributed by atoms with van der Waals surface area (Å²) in [6, 6.07) is 8.02. The van der Waals surface area contributed by atoms with Crippen LogP contribution < -0.4 is 5.73 Å². The van der Waals surface area contributed by atoms with Crippen molar-refractivity contribution in [1.82, 2.24) is 0 Å². The predicted molar refractivity (Wildman–Crippen MR) is 66.9 cm³/mol. The summed E-state index contributed by atoms with van der Waals surface area (Å²) in [5.74, 6) is 5.93. The Morgan fingerprint density at radius 2 is 2.12 bits per heavy atom. The molecule has 1 aromatic rings. The Hall–Kier alpha value is -1.30. The van der Waals surface area contributed by atoms with E-state index in [0.717, 1.165) is 17.5 Å². The second-order valence-electron chi connectivity index (χ2n) is 3.69. The van der Waals surface area contributed by atoms with Gasteiger partial charge in [0.1, 0.15) is 0 Å². The summed E-state index contributed by atoms with van der Waals surface area (Å²) in [6.07, 6.45) is 1.31. The average molecular weight is 217 g/mol. The number of hydrogen-bond donors (Lipinski definition) is 1. The maximum Gasteiger partial charge on any atom is 0.0732 e. The third-order valence-corrected chi connectivity index (χ3v) is 2.44. The minimum atomic E-state index is 0.288. The fourth-order valence-corrected chi connectivity index (χ4v) is 1.26. The molecule has 0 saturated carbocycles. The first kappa shape index (κ1) is 12.8. The monoisotopic (exact) mass is 217 g/mol. The van der Waals surface area contributed by atoms with E-state index in [4.69, 9.17) is 10.5 Å². The van der Waals surface area contributed by atoms with Crippen LogP contribution in [0.15, 0.2) is 24.3 Å². The van der Waals surface area contributed by atoms with Crippen molar-refractivity contribution >= 4 is 0 Å². The lowest BCUT2D eigenvalue weighted by atomic mass is 10.1. The average Bonchev–Trinajstić information content (AvgIpc) is 2.34. The number of hydrogen-bond acceptors (Lipinski definition) is 2. The molecule has 0 aliphatic rings. The van der Waals surface area contributed by atoms with Crippen LogP contribution >= 0.6 is 0 Å². The SMILES string of the molecule is CCC(C)OCc1ccccc1C#CCN. The molecule has 0 amide bonds. The van der Waals surface area contributed by atoms with Gasteiger partial charge in [-0.2, -0.15) is 0 Å². The predicted octanol–water partition coefficient (Wildman–Crippen LogP) is 2.31. The molecule has 0 radical (unpaired) electrons. The summed E-state index contributed by atoms with van der Waals surface area (Å²) in [5.41, 5.74) is 7.50. The molecule has 16 heavy (non-hydrogen) atoms. The largest absolute Gasteiger partial charge is 0.374 e. The molecule has 86 valence electrons. The summed E-state index contributed by atoms with van der Waals surface area (Å²) in [4.78, 5) is 0. The summed E-state index contributed by atoms with van der Waals surface area (Å²) < 4.78 is 5.70. The van der Waals surface area contributed by atoms with E-state index in [9.17, 15) is 0 Å². The molecule has 1 rings (SSSR count). The first-order valence-electron chi connectivity index (χ1n) is 5.66. The van der Waals surface area contributed by atoms with Crippen molar-refractivity contribution in [1.29, 1.82) is 0 Å². The van der Waals surface area contributed by atoms with Gasteiger partial charge in [-0.05, 0) is 25.0 Å². The summed E-state index contributed by atoms with van der Waals surface area (Å²) >= 11 is 0. The Balaban J connectivity index is 2.71. The molecule has 0 fully saturated rings. The number of rotatable bonds is 4. The van der Waals surface area contributed by atoms with Gasteiger partial charge in [0.2, 0.25) is 0 Å². The van der Waals surface area contributed by atoms with E-state index in [1.807, 2.05) is 24.3 Å². The maximum absolute atomic E-state index is 5.70. The minimum Gasteiger partial charge on any atom is -0.374 e. The Kier molecular flexibility index (Phi) is 5.63. The molecule has 0 spiro atoms. The van der Waals surface area contributed by atoms with Gasteiger partial charge in [-0.25, -0.2) is 0 Å². The zero-order valence-electron chi connectivity index (χ0n) is 9.99. The van der Waals surface area contributed by atoms with Crippen molar-refractivity contribution in [3.63, 3.8) is 0 Å². The highest BCUT2D eigenvalue weighted by Crippen LogP contribution is 2.10. The van der Waals surface area contributed by atoms with Crippen molar-refractivity contribution in [2.24, 2.45) is 5.73 Å². The molecule has 0 saturated heterocycles. The summed E-state index contributed by atoms with van der Waals surface area (Å²) in [5, 5.41) is 0. The molecule has 1 aromatic carbocycles. The normalized spacial score (nSPS) is 11.7. The number of nitrogens with two attached hydrogens (primary N) is 1. The highest BCUT2D eigenvalue weighted by atomic mass is 16.5. The van der Waals surface area contributed by atoms with Crippen LogP contribution in [-0.4, -0.2) is 12.6 Å². The van der Waals surface area contributed by atoms with Gasteiger partial charge in [0.05, 0.1) is 19.3 Å². The Labute approximate surface area is 97.8 Å². The summed E-state index contributed by atoms with van der Waals surface area (Å²) in [7, 11) is 0. The number of ether oxygens (including phenoxy) is 1. The van der Waals surface area contributed by atoms with Crippen LogP contribution in [0.5, 0.6) is 0 Å². The van der Waals surface area contributed by atoms with Crippen molar-refractivity contribution in [3.8, 4) is 11.8 Å². The molecule has 0 aromatic heterocycles. The molecular formula is C14H19NO. The molecule has 0 bridgehead atoms. The van der Waals surface area contributed by atoms with E-state index in [1.54, 1.807) is 0 Å². The lowest BCUT2D eigenvalue weighted by Gasteiger charge is -2.11. The van der Waals surface area contributed by atoms with Crippen LogP contribution in [0.3, 0.4) is 0 Å². The van der Waals surface area contributed by atoms with Gasteiger partial charge in [-0.15, -0.1) is 0 Å². The second kappa shape index (κ2) is 7.05. The van der Waals surface area contributed by atoms with Crippen LogP contribution in [-0.2, 0) is 11.3 Å². The van der Waals surface area contributed by atoms with E-state index < -0.39 is 0 Å². The Morgan fingerprint density at radius 1 is 1.38 bits per heavy atom. The highest BCUT2D eigenvalue weighted by molar-refractivity contribution is 5.41. The summed E-state index contributed by atoms with van der Waals surface area (Å²) in [6.45, 7) is 5.20. The third-order valence-electron chi connectivity index (χ3n) is 2.44. The Bertz CT molecular complexity index is 376. The van der Waals surface area contributed by atoms with Gasteiger partial charge < -0.3 is 10.5 Å². The van der Waals surface area contributed by atoms with Crippen LogP contribution in [0.1, 0.15) is 31.4 Å². The smallest absolute Gasteiger partial charge is 0.0732 e. The Morgan fingerprint density at radius 3 is 2.81 bits per heavy atom. The fourth-order valence-electron chi connectivity index (χ4n) is 1.26. The number of benzene rings is 1. The van der Waals surface area contributed by atoms with Crippen molar-refractivity contribution in [3.05, 3.63) is 35.4 Å². The molecule has 1 atom stereocenters. The van der Waals surface area contributed by atoms with Crippen LogP contribution in [0.2, 0.25) is 0 Å². The standard InChI is InChI=1S/C14H19NO/c1-3-12(2)16-11-14-8-5-4-7-13(14)9-6-10-15/h4-5,7-8,12H,3,10-11,15H2,1-2H3. The molecule has 1 unspecified atom stereocenters. The topological polar surface area (TPSA) is 35.2 Å². The maximum atomic E-state index is 5.70. The quantitative estimate of drug-likeness (QED) is 0.785. The van der Waals surface area contributed by atoms with Gasteiger partial charge >= 0.3 is 0 Å². The van der Waals surface area contributed by atoms with E-state index in [0.29, 0.717) is 13.2 Å². The van der Waals surface area contributed by atoms with Crippen LogP contribution in [0, 0.1) is 11.8 Å². The fraction of sp³-hybridized carbons (Fsp3) is 0.429. The van der Waals surface area contributed by atoms with Gasteiger partial charge in [0.15, 0.2) is 0 Å². The zero-order chi connectivity index (χ0) is 11.8. The van der Waals surface area contributed by atoms with E-state index in [-0.39, 0.29) is 6.10 Å². The van der Waals surface area contributed by atoms with Crippen molar-refractivity contribution in [2.45, 2.75) is 33.0 Å². The van der Waals surface area contributed by atoms with Gasteiger partial charge in [-0.3, -0.25) is 0 Å². The molecule has 0 aliphatic heterocycles. The lowest BCUT2D eigenvalue weighted by Crippen LogP contribution is -2.07. The molecule has 0 aliphatic carbocycles. The lowest BCUT2D eigenvalue weighted by molar-refractivity contribution is 0.0507. The van der Waals surface area contributed by atoms with Crippen molar-refractivity contribution < 1.29 is 4.74 Å². The van der Waals surface area contributed by atoms with Crippen LogP contribution in [0.25, 0.3) is 0 Å². The minimum absolute atomic E-state index is 0.288. The van der Waals surface area contributed by atoms with Crippen LogP contribution in [0.4, 0.5) is 0 Å². The third kappa shape index (κ3) is 4.06. The van der Waals surface area contributed by atoms with E-state index in [2.05, 4.69) is 25.7 Å². The van der Waals surface area contributed by atoms with Gasteiger partial charge in [0, 0.05) is 5.56 Å². The first-order chi connectivity index (χ1) is 7.77. The zero-order valence-corrected chi connectivity index (χ0v) is 9.99. The van der Waals surface area contributed by atoms with Gasteiger partial charge in [-0.1, -0.05) is 37.0 Å². The molecule has 0 heterocycles.